The van der Waals surface area contributed by atoms with E-state index < -0.39 is 11.4 Å². The molecule has 24 heavy (non-hydrogen) atoms. The molecule has 0 spiro atoms. The van der Waals surface area contributed by atoms with Crippen molar-refractivity contribution in [2.45, 2.75) is 26.3 Å². The Labute approximate surface area is 141 Å². The van der Waals surface area contributed by atoms with Gasteiger partial charge in [0, 0.05) is 11.1 Å². The molecule has 2 aromatic rings. The smallest absolute Gasteiger partial charge is 0.267 e. The largest absolute Gasteiger partial charge is 0.272 e. The van der Waals surface area contributed by atoms with Gasteiger partial charge in [-0.2, -0.15) is 5.26 Å². The van der Waals surface area contributed by atoms with E-state index in [0.29, 0.717) is 16.7 Å². The number of nitrogens with zero attached hydrogens (tertiary/aromatic N) is 2. The Bertz CT molecular complexity index is 786. The molecular weight excluding hydrogens is 302 g/mol. The van der Waals surface area contributed by atoms with E-state index in [1.54, 1.807) is 42.5 Å². The minimum Gasteiger partial charge on any atom is -0.267 e. The lowest BCUT2D eigenvalue weighted by atomic mass is 10.1. The highest BCUT2D eigenvalue weighted by molar-refractivity contribution is 5.99. The summed E-state index contributed by atoms with van der Waals surface area (Å²) >= 11 is 0. The van der Waals surface area contributed by atoms with Crippen LogP contribution in [0.4, 0.5) is 0 Å². The fourth-order valence-electron chi connectivity index (χ4n) is 2.13. The predicted octanol–water partition coefficient (Wildman–Crippen LogP) is 3.14. The van der Waals surface area contributed by atoms with E-state index in [1.807, 2.05) is 32.9 Å². The molecular formula is C19H19N3O2. The van der Waals surface area contributed by atoms with Crippen molar-refractivity contribution in [3.8, 4) is 6.07 Å². The van der Waals surface area contributed by atoms with Gasteiger partial charge in [0.05, 0.1) is 17.2 Å². The molecule has 0 aliphatic rings. The van der Waals surface area contributed by atoms with Crippen LogP contribution in [0.15, 0.2) is 54.6 Å². The standard InChI is InChI=1S/C19H19N3O2/c1-19(2,3)22(18(24)15-9-5-4-6-10-15)21-17(23)16-11-7-8-14(12-16)13-20/h4-12H,1-3H3,(H,21,23). The molecule has 0 heterocycles. The Hall–Kier alpha value is -3.13. The molecule has 0 atom stereocenters. The molecule has 0 bridgehead atoms. The molecule has 5 heteroatoms. The number of rotatable bonds is 2. The molecule has 2 amide bonds. The van der Waals surface area contributed by atoms with Crippen LogP contribution < -0.4 is 5.43 Å². The molecule has 1 N–H and O–H groups in total. The Morgan fingerprint density at radius 3 is 2.21 bits per heavy atom. The van der Waals surface area contributed by atoms with Gasteiger partial charge in [0.1, 0.15) is 0 Å². The highest BCUT2D eigenvalue weighted by Gasteiger charge is 2.29. The van der Waals surface area contributed by atoms with Gasteiger partial charge in [-0.15, -0.1) is 0 Å². The highest BCUT2D eigenvalue weighted by Crippen LogP contribution is 2.16. The average Bonchev–Trinajstić information content (AvgIpc) is 2.58. The van der Waals surface area contributed by atoms with Gasteiger partial charge in [-0.05, 0) is 51.1 Å². The summed E-state index contributed by atoms with van der Waals surface area (Å²) < 4.78 is 0. The highest BCUT2D eigenvalue weighted by atomic mass is 16.2. The van der Waals surface area contributed by atoms with Crippen LogP contribution in [0.25, 0.3) is 0 Å². The van der Waals surface area contributed by atoms with E-state index in [1.165, 1.54) is 11.1 Å². The van der Waals surface area contributed by atoms with Crippen molar-refractivity contribution in [1.29, 1.82) is 5.26 Å². The maximum Gasteiger partial charge on any atom is 0.272 e. The molecule has 5 nitrogen and oxygen atoms in total. The monoisotopic (exact) mass is 321 g/mol. The van der Waals surface area contributed by atoms with Crippen molar-refractivity contribution in [1.82, 2.24) is 10.4 Å². The van der Waals surface area contributed by atoms with Gasteiger partial charge in [-0.1, -0.05) is 24.3 Å². The van der Waals surface area contributed by atoms with Crippen LogP contribution in [0, 0.1) is 11.3 Å². The predicted molar refractivity (Wildman–Crippen MR) is 91.0 cm³/mol. The first-order valence-electron chi connectivity index (χ1n) is 7.53. The first-order chi connectivity index (χ1) is 11.3. The van der Waals surface area contributed by atoms with Gasteiger partial charge in [0.15, 0.2) is 0 Å². The van der Waals surface area contributed by atoms with Gasteiger partial charge >= 0.3 is 0 Å². The Kier molecular flexibility index (Phi) is 5.00. The van der Waals surface area contributed by atoms with Crippen molar-refractivity contribution < 1.29 is 9.59 Å². The molecule has 0 fully saturated rings. The van der Waals surface area contributed by atoms with Crippen LogP contribution in [-0.2, 0) is 0 Å². The van der Waals surface area contributed by atoms with Crippen molar-refractivity contribution in [2.75, 3.05) is 0 Å². The average molecular weight is 321 g/mol. The van der Waals surface area contributed by atoms with Crippen LogP contribution in [0.1, 0.15) is 47.1 Å². The lowest BCUT2D eigenvalue weighted by Gasteiger charge is -2.35. The number of hydrogen-bond donors (Lipinski definition) is 1. The van der Waals surface area contributed by atoms with Crippen molar-refractivity contribution in [3.63, 3.8) is 0 Å². The number of nitriles is 1. The number of amides is 2. The zero-order chi connectivity index (χ0) is 17.7. The summed E-state index contributed by atoms with van der Waals surface area (Å²) in [4.78, 5) is 25.2. The Balaban J connectivity index is 2.28. The van der Waals surface area contributed by atoms with Crippen molar-refractivity contribution in [2.24, 2.45) is 0 Å². The van der Waals surface area contributed by atoms with Crippen LogP contribution in [0.3, 0.4) is 0 Å². The van der Waals surface area contributed by atoms with Crippen LogP contribution in [-0.4, -0.2) is 22.4 Å². The summed E-state index contributed by atoms with van der Waals surface area (Å²) in [6.07, 6.45) is 0. The van der Waals surface area contributed by atoms with Gasteiger partial charge in [0.2, 0.25) is 0 Å². The third kappa shape index (κ3) is 3.99. The first-order valence-corrected chi connectivity index (χ1v) is 7.53. The molecule has 0 aliphatic heterocycles. The Morgan fingerprint density at radius 2 is 1.62 bits per heavy atom. The van der Waals surface area contributed by atoms with Crippen molar-refractivity contribution in [3.05, 3.63) is 71.3 Å². The second-order valence-corrected chi connectivity index (χ2v) is 6.31. The summed E-state index contributed by atoms with van der Waals surface area (Å²) in [5.74, 6) is -0.737. The zero-order valence-electron chi connectivity index (χ0n) is 13.9. The van der Waals surface area contributed by atoms with Gasteiger partial charge in [-0.3, -0.25) is 15.0 Å². The number of hydrazine groups is 1. The number of carbonyl (C=O) groups excluding carboxylic acids is 2. The molecule has 0 saturated heterocycles. The SMILES string of the molecule is CC(C)(C)N(NC(=O)c1cccc(C#N)c1)C(=O)c1ccccc1. The van der Waals surface area contributed by atoms with Crippen LogP contribution in [0.2, 0.25) is 0 Å². The molecule has 122 valence electrons. The van der Waals surface area contributed by atoms with Crippen LogP contribution in [0.5, 0.6) is 0 Å². The number of nitrogens with one attached hydrogen (secondary N) is 1. The summed E-state index contributed by atoms with van der Waals surface area (Å²) in [5, 5.41) is 10.3. The van der Waals surface area contributed by atoms with E-state index in [4.69, 9.17) is 5.26 Å². The lowest BCUT2D eigenvalue weighted by Crippen LogP contribution is -2.55. The fourth-order valence-corrected chi connectivity index (χ4v) is 2.13. The maximum absolute atomic E-state index is 12.7. The molecule has 0 aromatic heterocycles. The lowest BCUT2D eigenvalue weighted by molar-refractivity contribution is 0.0358. The topological polar surface area (TPSA) is 73.2 Å². The van der Waals surface area contributed by atoms with Gasteiger partial charge in [0.25, 0.3) is 11.8 Å². The molecule has 0 aliphatic carbocycles. The van der Waals surface area contributed by atoms with Crippen LogP contribution >= 0.6 is 0 Å². The number of benzene rings is 2. The second kappa shape index (κ2) is 6.97. The summed E-state index contributed by atoms with van der Waals surface area (Å²) in [7, 11) is 0. The zero-order valence-corrected chi connectivity index (χ0v) is 13.9. The molecule has 0 unspecified atom stereocenters. The molecule has 2 rings (SSSR count). The Morgan fingerprint density at radius 1 is 1.00 bits per heavy atom. The molecule has 0 saturated carbocycles. The number of carbonyl (C=O) groups is 2. The third-order valence-electron chi connectivity index (χ3n) is 3.36. The van der Waals surface area contributed by atoms with Crippen molar-refractivity contribution >= 4 is 11.8 Å². The third-order valence-corrected chi connectivity index (χ3v) is 3.36. The summed E-state index contributed by atoms with van der Waals surface area (Å²) in [5.41, 5.74) is 3.24. The van der Waals surface area contributed by atoms with E-state index in [-0.39, 0.29) is 5.91 Å². The molecule has 0 radical (unpaired) electrons. The minimum absolute atomic E-state index is 0.298. The van der Waals surface area contributed by atoms with E-state index in [2.05, 4.69) is 5.43 Å². The maximum atomic E-state index is 12.7. The fraction of sp³-hybridized carbons (Fsp3) is 0.211. The van der Waals surface area contributed by atoms with E-state index >= 15 is 0 Å². The van der Waals surface area contributed by atoms with E-state index in [0.717, 1.165) is 0 Å². The van der Waals surface area contributed by atoms with Gasteiger partial charge in [-0.25, -0.2) is 5.01 Å². The number of hydrogen-bond acceptors (Lipinski definition) is 3. The first kappa shape index (κ1) is 17.2. The summed E-state index contributed by atoms with van der Waals surface area (Å²) in [6, 6.07) is 17.1. The minimum atomic E-state index is -0.616. The quantitative estimate of drug-likeness (QED) is 0.864. The normalized spacial score (nSPS) is 10.6. The molecule has 2 aromatic carbocycles. The van der Waals surface area contributed by atoms with E-state index in [9.17, 15) is 9.59 Å². The summed E-state index contributed by atoms with van der Waals surface area (Å²) in [6.45, 7) is 5.50. The van der Waals surface area contributed by atoms with Gasteiger partial charge < -0.3 is 0 Å². The second-order valence-electron chi connectivity index (χ2n) is 6.31.